The van der Waals surface area contributed by atoms with E-state index in [2.05, 4.69) is 40.1 Å². The van der Waals surface area contributed by atoms with Gasteiger partial charge < -0.3 is 9.64 Å². The molecule has 0 aliphatic carbocycles. The maximum atomic E-state index is 12.0. The monoisotopic (exact) mass is 344 g/mol. The maximum Gasteiger partial charge on any atom is 0.310 e. The fourth-order valence-corrected chi connectivity index (χ4v) is 4.23. The van der Waals surface area contributed by atoms with Crippen LogP contribution in [0.1, 0.15) is 38.2 Å². The zero-order valence-corrected chi connectivity index (χ0v) is 15.5. The van der Waals surface area contributed by atoms with E-state index in [9.17, 15) is 4.79 Å². The minimum absolute atomic E-state index is 0.00694. The Labute approximate surface area is 152 Å². The van der Waals surface area contributed by atoms with Gasteiger partial charge in [0.05, 0.1) is 12.5 Å². The SMILES string of the molecule is CCOC(=O)C1CCCN(C2CCN(CCc3ccccc3)CC2)C1. The van der Waals surface area contributed by atoms with E-state index in [-0.39, 0.29) is 11.9 Å². The van der Waals surface area contributed by atoms with Gasteiger partial charge in [0.15, 0.2) is 0 Å². The highest BCUT2D eigenvalue weighted by Crippen LogP contribution is 2.24. The topological polar surface area (TPSA) is 32.8 Å². The summed E-state index contributed by atoms with van der Waals surface area (Å²) in [6, 6.07) is 11.4. The Kier molecular flexibility index (Phi) is 6.88. The predicted molar refractivity (Wildman–Crippen MR) is 101 cm³/mol. The molecule has 1 aromatic carbocycles. The molecule has 3 rings (SSSR count). The molecule has 1 aromatic rings. The molecule has 0 saturated carbocycles. The number of hydrogen-bond acceptors (Lipinski definition) is 4. The molecule has 4 nitrogen and oxygen atoms in total. The predicted octanol–water partition coefficient (Wildman–Crippen LogP) is 2.97. The summed E-state index contributed by atoms with van der Waals surface area (Å²) in [5, 5.41) is 0. The first-order valence-electron chi connectivity index (χ1n) is 9.93. The summed E-state index contributed by atoms with van der Waals surface area (Å²) in [5.74, 6) is 0.0947. The number of nitrogens with zero attached hydrogens (tertiary/aromatic N) is 2. The largest absolute Gasteiger partial charge is 0.466 e. The Morgan fingerprint density at radius 2 is 1.88 bits per heavy atom. The van der Waals surface area contributed by atoms with E-state index in [1.54, 1.807) is 0 Å². The molecule has 2 heterocycles. The van der Waals surface area contributed by atoms with Crippen LogP contribution in [0.5, 0.6) is 0 Å². The van der Waals surface area contributed by atoms with Crippen LogP contribution in [0.25, 0.3) is 0 Å². The van der Waals surface area contributed by atoms with Crippen LogP contribution in [0.3, 0.4) is 0 Å². The molecule has 0 aromatic heterocycles. The normalized spacial score (nSPS) is 23.5. The molecule has 2 aliphatic rings. The van der Waals surface area contributed by atoms with Gasteiger partial charge in [-0.2, -0.15) is 0 Å². The number of hydrogen-bond donors (Lipinski definition) is 0. The summed E-state index contributed by atoms with van der Waals surface area (Å²) in [6.07, 6.45) is 5.71. The second-order valence-corrected chi connectivity index (χ2v) is 7.39. The molecule has 0 radical (unpaired) electrons. The molecule has 25 heavy (non-hydrogen) atoms. The second kappa shape index (κ2) is 9.35. The Morgan fingerprint density at radius 1 is 1.12 bits per heavy atom. The zero-order chi connectivity index (χ0) is 17.5. The third kappa shape index (κ3) is 5.29. The van der Waals surface area contributed by atoms with Crippen molar-refractivity contribution in [2.75, 3.05) is 39.3 Å². The highest BCUT2D eigenvalue weighted by Gasteiger charge is 2.32. The van der Waals surface area contributed by atoms with Crippen molar-refractivity contribution in [2.24, 2.45) is 5.92 Å². The fourth-order valence-electron chi connectivity index (χ4n) is 4.23. The van der Waals surface area contributed by atoms with Crippen molar-refractivity contribution >= 4 is 5.97 Å². The first-order chi connectivity index (χ1) is 12.3. The average Bonchev–Trinajstić information content (AvgIpc) is 2.68. The molecule has 0 bridgehead atoms. The summed E-state index contributed by atoms with van der Waals surface area (Å²) in [4.78, 5) is 17.2. The van der Waals surface area contributed by atoms with Crippen LogP contribution >= 0.6 is 0 Å². The van der Waals surface area contributed by atoms with Gasteiger partial charge in [-0.1, -0.05) is 30.3 Å². The van der Waals surface area contributed by atoms with Crippen molar-refractivity contribution in [3.63, 3.8) is 0 Å². The van der Waals surface area contributed by atoms with E-state index in [0.717, 1.165) is 38.9 Å². The second-order valence-electron chi connectivity index (χ2n) is 7.39. The number of rotatable bonds is 6. The smallest absolute Gasteiger partial charge is 0.310 e. The third-order valence-corrected chi connectivity index (χ3v) is 5.71. The van der Waals surface area contributed by atoms with Crippen molar-refractivity contribution < 1.29 is 9.53 Å². The number of carbonyl (C=O) groups excluding carboxylic acids is 1. The first-order valence-corrected chi connectivity index (χ1v) is 9.93. The van der Waals surface area contributed by atoms with E-state index in [4.69, 9.17) is 4.74 Å². The summed E-state index contributed by atoms with van der Waals surface area (Å²) in [6.45, 7) is 7.94. The zero-order valence-electron chi connectivity index (χ0n) is 15.5. The van der Waals surface area contributed by atoms with Crippen molar-refractivity contribution in [3.8, 4) is 0 Å². The molecule has 138 valence electrons. The van der Waals surface area contributed by atoms with Gasteiger partial charge >= 0.3 is 5.97 Å². The maximum absolute atomic E-state index is 12.0. The van der Waals surface area contributed by atoms with Crippen LogP contribution in [0.4, 0.5) is 0 Å². The van der Waals surface area contributed by atoms with Gasteiger partial charge in [-0.3, -0.25) is 9.69 Å². The molecule has 0 N–H and O–H groups in total. The first kappa shape index (κ1) is 18.4. The van der Waals surface area contributed by atoms with Crippen molar-refractivity contribution in [2.45, 2.75) is 45.1 Å². The number of carbonyl (C=O) groups is 1. The lowest BCUT2D eigenvalue weighted by Crippen LogP contribution is -2.49. The van der Waals surface area contributed by atoms with Gasteiger partial charge in [-0.05, 0) is 64.2 Å². The van der Waals surface area contributed by atoms with E-state index >= 15 is 0 Å². The van der Waals surface area contributed by atoms with Crippen molar-refractivity contribution in [3.05, 3.63) is 35.9 Å². The van der Waals surface area contributed by atoms with Crippen LogP contribution in [0.2, 0.25) is 0 Å². The molecule has 1 atom stereocenters. The lowest BCUT2D eigenvalue weighted by atomic mass is 9.94. The number of ether oxygens (including phenoxy) is 1. The highest BCUT2D eigenvalue weighted by molar-refractivity contribution is 5.72. The molecule has 0 amide bonds. The van der Waals surface area contributed by atoms with E-state index in [0.29, 0.717) is 12.6 Å². The van der Waals surface area contributed by atoms with Crippen LogP contribution < -0.4 is 0 Å². The van der Waals surface area contributed by atoms with E-state index < -0.39 is 0 Å². The standard InChI is InChI=1S/C21H32N2O2/c1-2-25-21(24)19-9-6-13-23(17-19)20-11-15-22(16-12-20)14-10-18-7-4-3-5-8-18/h3-5,7-8,19-20H,2,6,9-17H2,1H3. The molecular weight excluding hydrogens is 312 g/mol. The van der Waals surface area contributed by atoms with Crippen LogP contribution in [0.15, 0.2) is 30.3 Å². The summed E-state index contributed by atoms with van der Waals surface area (Å²) in [7, 11) is 0. The Bertz CT molecular complexity index is 526. The van der Waals surface area contributed by atoms with Gasteiger partial charge in [0, 0.05) is 19.1 Å². The summed E-state index contributed by atoms with van der Waals surface area (Å²) >= 11 is 0. The van der Waals surface area contributed by atoms with Crippen LogP contribution in [0, 0.1) is 5.92 Å². The lowest BCUT2D eigenvalue weighted by Gasteiger charge is -2.41. The Morgan fingerprint density at radius 3 is 2.60 bits per heavy atom. The molecule has 1 unspecified atom stereocenters. The molecule has 2 aliphatic heterocycles. The quantitative estimate of drug-likeness (QED) is 0.743. The Balaban J connectivity index is 1.41. The van der Waals surface area contributed by atoms with E-state index in [1.165, 1.54) is 31.5 Å². The minimum Gasteiger partial charge on any atom is -0.466 e. The van der Waals surface area contributed by atoms with Gasteiger partial charge in [0.1, 0.15) is 0 Å². The highest BCUT2D eigenvalue weighted by atomic mass is 16.5. The van der Waals surface area contributed by atoms with Crippen molar-refractivity contribution in [1.29, 1.82) is 0 Å². The Hall–Kier alpha value is -1.39. The third-order valence-electron chi connectivity index (χ3n) is 5.71. The minimum atomic E-state index is 0.00694. The molecule has 0 spiro atoms. The average molecular weight is 344 g/mol. The van der Waals surface area contributed by atoms with Gasteiger partial charge in [-0.25, -0.2) is 0 Å². The number of piperidine rings is 2. The number of benzene rings is 1. The van der Waals surface area contributed by atoms with Gasteiger partial charge in [-0.15, -0.1) is 0 Å². The lowest BCUT2D eigenvalue weighted by molar-refractivity contribution is -0.150. The molecule has 4 heteroatoms. The van der Waals surface area contributed by atoms with Crippen molar-refractivity contribution in [1.82, 2.24) is 9.80 Å². The van der Waals surface area contributed by atoms with Gasteiger partial charge in [0.25, 0.3) is 0 Å². The van der Waals surface area contributed by atoms with Gasteiger partial charge in [0.2, 0.25) is 0 Å². The molecular formula is C21H32N2O2. The number of esters is 1. The molecule has 2 fully saturated rings. The van der Waals surface area contributed by atoms with Crippen LogP contribution in [-0.2, 0) is 16.0 Å². The van der Waals surface area contributed by atoms with E-state index in [1.807, 2.05) is 6.92 Å². The van der Waals surface area contributed by atoms with Crippen LogP contribution in [-0.4, -0.2) is 61.1 Å². The summed E-state index contributed by atoms with van der Waals surface area (Å²) in [5.41, 5.74) is 1.43. The number of likely N-dealkylation sites (tertiary alicyclic amines) is 2. The fraction of sp³-hybridized carbons (Fsp3) is 0.667. The molecule has 2 saturated heterocycles. The summed E-state index contributed by atoms with van der Waals surface area (Å²) < 4.78 is 5.23.